The molecule has 0 fully saturated rings. The summed E-state index contributed by atoms with van der Waals surface area (Å²) in [4.78, 5) is 10.6. The minimum Gasteiger partial charge on any atom is -0.352 e. The molecule has 0 atom stereocenters. The lowest BCUT2D eigenvalue weighted by molar-refractivity contribution is -0.119. The Hall–Kier alpha value is -1.31. The average molecular weight is 162 g/mol. The van der Waals surface area contributed by atoms with Gasteiger partial charge in [-0.15, -0.1) is 0 Å². The third kappa shape index (κ3) is 2.74. The summed E-state index contributed by atoms with van der Waals surface area (Å²) in [7, 11) is 0. The van der Waals surface area contributed by atoms with E-state index in [1.54, 1.807) is 0 Å². The van der Waals surface area contributed by atoms with E-state index >= 15 is 0 Å². The van der Waals surface area contributed by atoms with E-state index < -0.39 is 0 Å². The highest BCUT2D eigenvalue weighted by Crippen LogP contribution is 2.01. The van der Waals surface area contributed by atoms with Gasteiger partial charge in [0, 0.05) is 13.5 Å². The molecule has 0 saturated carbocycles. The molecule has 0 aliphatic rings. The Bertz CT molecular complexity index is 264. The summed E-state index contributed by atoms with van der Waals surface area (Å²) < 4.78 is 0. The van der Waals surface area contributed by atoms with Gasteiger partial charge in [-0.3, -0.25) is 4.79 Å². The first-order valence-electron chi connectivity index (χ1n) is 3.84. The van der Waals surface area contributed by atoms with Gasteiger partial charge in [-0.25, -0.2) is 0 Å². The number of benzene rings is 1. The van der Waals surface area contributed by atoms with Crippen LogP contribution in [0.4, 0.5) is 0 Å². The summed E-state index contributed by atoms with van der Waals surface area (Å²) in [5.74, 6) is -0.00583. The van der Waals surface area contributed by atoms with Crippen molar-refractivity contribution >= 4 is 5.91 Å². The van der Waals surface area contributed by atoms with Crippen LogP contribution in [0.1, 0.15) is 18.1 Å². The molecule has 1 rings (SSSR count). The number of nitrogens with one attached hydrogen (secondary N) is 1. The first-order valence-corrected chi connectivity index (χ1v) is 3.84. The maximum Gasteiger partial charge on any atom is 0.217 e. The van der Waals surface area contributed by atoms with Crippen LogP contribution in [-0.4, -0.2) is 5.91 Å². The van der Waals surface area contributed by atoms with Crippen molar-refractivity contribution in [1.29, 1.82) is 0 Å². The van der Waals surface area contributed by atoms with Crippen molar-refractivity contribution < 1.29 is 4.79 Å². The van der Waals surface area contributed by atoms with E-state index in [1.807, 2.05) is 24.3 Å². The molecule has 63 valence electrons. The molecular weight excluding hydrogens is 150 g/mol. The van der Waals surface area contributed by atoms with Crippen LogP contribution in [0, 0.1) is 6.92 Å². The molecule has 1 aromatic carbocycles. The highest BCUT2D eigenvalue weighted by Gasteiger charge is 1.92. The van der Waals surface area contributed by atoms with E-state index in [-0.39, 0.29) is 5.91 Å². The van der Waals surface area contributed by atoms with Crippen molar-refractivity contribution in [3.8, 4) is 0 Å². The van der Waals surface area contributed by atoms with Crippen LogP contribution in [0.5, 0.6) is 0 Å². The Morgan fingerprint density at radius 1 is 1.42 bits per heavy atom. The minimum absolute atomic E-state index is 0.00583. The molecule has 1 radical (unpaired) electrons. The number of carbonyl (C=O) groups is 1. The zero-order valence-corrected chi connectivity index (χ0v) is 7.13. The predicted molar refractivity (Wildman–Crippen MR) is 48.4 cm³/mol. The van der Waals surface area contributed by atoms with Gasteiger partial charge in [0.2, 0.25) is 5.91 Å². The van der Waals surface area contributed by atoms with Crippen molar-refractivity contribution in [2.75, 3.05) is 0 Å². The quantitative estimate of drug-likeness (QED) is 0.701. The van der Waals surface area contributed by atoms with Crippen molar-refractivity contribution in [1.82, 2.24) is 5.32 Å². The molecule has 2 heteroatoms. The van der Waals surface area contributed by atoms with Gasteiger partial charge in [0.25, 0.3) is 0 Å². The second-order valence-corrected chi connectivity index (χ2v) is 2.73. The van der Waals surface area contributed by atoms with E-state index in [4.69, 9.17) is 0 Å². The molecule has 0 heterocycles. The van der Waals surface area contributed by atoms with Gasteiger partial charge < -0.3 is 5.32 Å². The Morgan fingerprint density at radius 3 is 2.50 bits per heavy atom. The van der Waals surface area contributed by atoms with Crippen molar-refractivity contribution in [3.05, 3.63) is 42.3 Å². The van der Waals surface area contributed by atoms with Crippen LogP contribution >= 0.6 is 0 Å². The van der Waals surface area contributed by atoms with Crippen LogP contribution in [-0.2, 0) is 11.3 Å². The van der Waals surface area contributed by atoms with Crippen molar-refractivity contribution in [3.63, 3.8) is 0 Å². The molecule has 0 spiro atoms. The summed E-state index contributed by atoms with van der Waals surface area (Å²) in [5, 5.41) is 2.72. The van der Waals surface area contributed by atoms with Gasteiger partial charge in [-0.2, -0.15) is 0 Å². The monoisotopic (exact) mass is 162 g/mol. The Kier molecular flexibility index (Phi) is 2.86. The Morgan fingerprint density at radius 2 is 2.00 bits per heavy atom. The zero-order chi connectivity index (χ0) is 8.97. The molecule has 0 unspecified atom stereocenters. The lowest BCUT2D eigenvalue weighted by Gasteiger charge is -2.01. The minimum atomic E-state index is -0.00583. The number of hydrogen-bond acceptors (Lipinski definition) is 1. The lowest BCUT2D eigenvalue weighted by atomic mass is 10.1. The average Bonchev–Trinajstić information content (AvgIpc) is 2.03. The van der Waals surface area contributed by atoms with E-state index in [2.05, 4.69) is 12.2 Å². The summed E-state index contributed by atoms with van der Waals surface area (Å²) in [6.07, 6.45) is 0. The van der Waals surface area contributed by atoms with Gasteiger partial charge >= 0.3 is 0 Å². The van der Waals surface area contributed by atoms with Gasteiger partial charge in [-0.05, 0) is 18.1 Å². The smallest absolute Gasteiger partial charge is 0.217 e. The first kappa shape index (κ1) is 8.78. The van der Waals surface area contributed by atoms with Gasteiger partial charge in [0.1, 0.15) is 0 Å². The third-order valence-corrected chi connectivity index (χ3v) is 1.56. The molecule has 1 aromatic rings. The molecule has 0 aromatic heterocycles. The van der Waals surface area contributed by atoms with Crippen molar-refractivity contribution in [2.24, 2.45) is 0 Å². The molecular formula is C10H12NO. The van der Waals surface area contributed by atoms with E-state index in [9.17, 15) is 4.79 Å². The third-order valence-electron chi connectivity index (χ3n) is 1.56. The van der Waals surface area contributed by atoms with Gasteiger partial charge in [0.05, 0.1) is 0 Å². The second kappa shape index (κ2) is 3.90. The molecule has 0 aliphatic heterocycles. The van der Waals surface area contributed by atoms with Crippen molar-refractivity contribution in [2.45, 2.75) is 13.5 Å². The summed E-state index contributed by atoms with van der Waals surface area (Å²) in [6, 6.07) is 7.77. The summed E-state index contributed by atoms with van der Waals surface area (Å²) >= 11 is 0. The molecule has 1 N–H and O–H groups in total. The highest BCUT2D eigenvalue weighted by molar-refractivity contribution is 5.72. The second-order valence-electron chi connectivity index (χ2n) is 2.73. The van der Waals surface area contributed by atoms with Crippen LogP contribution in [0.2, 0.25) is 0 Å². The largest absolute Gasteiger partial charge is 0.352 e. The first-order chi connectivity index (χ1) is 5.68. The fourth-order valence-corrected chi connectivity index (χ4v) is 0.884. The Balaban J connectivity index is 2.53. The van der Waals surface area contributed by atoms with Crippen LogP contribution in [0.3, 0.4) is 0 Å². The normalized spacial score (nSPS) is 9.50. The van der Waals surface area contributed by atoms with Crippen LogP contribution in [0.25, 0.3) is 0 Å². The molecule has 0 aliphatic carbocycles. The van der Waals surface area contributed by atoms with E-state index in [0.29, 0.717) is 6.54 Å². The molecule has 0 saturated heterocycles. The van der Waals surface area contributed by atoms with Gasteiger partial charge in [0.15, 0.2) is 0 Å². The van der Waals surface area contributed by atoms with E-state index in [1.165, 1.54) is 6.92 Å². The van der Waals surface area contributed by atoms with Crippen LogP contribution < -0.4 is 5.32 Å². The van der Waals surface area contributed by atoms with E-state index in [0.717, 1.165) is 11.1 Å². The SMILES string of the molecule is [CH2]c1ccc(CNC(C)=O)cc1. The maximum atomic E-state index is 10.6. The maximum absolute atomic E-state index is 10.6. The zero-order valence-electron chi connectivity index (χ0n) is 7.13. The summed E-state index contributed by atoms with van der Waals surface area (Å²) in [5.41, 5.74) is 2.08. The lowest BCUT2D eigenvalue weighted by Crippen LogP contribution is -2.18. The Labute approximate surface area is 72.6 Å². The predicted octanol–water partition coefficient (Wildman–Crippen LogP) is 1.50. The molecule has 12 heavy (non-hydrogen) atoms. The molecule has 2 nitrogen and oxygen atoms in total. The highest BCUT2D eigenvalue weighted by atomic mass is 16.1. The molecule has 1 amide bonds. The molecule has 0 bridgehead atoms. The number of amides is 1. The fourth-order valence-electron chi connectivity index (χ4n) is 0.884. The number of rotatable bonds is 2. The summed E-state index contributed by atoms with van der Waals surface area (Å²) in [6.45, 7) is 5.87. The number of hydrogen-bond donors (Lipinski definition) is 1. The number of carbonyl (C=O) groups excluding carboxylic acids is 1. The topological polar surface area (TPSA) is 29.1 Å². The van der Waals surface area contributed by atoms with Gasteiger partial charge in [-0.1, -0.05) is 24.3 Å². The van der Waals surface area contributed by atoms with Crippen LogP contribution in [0.15, 0.2) is 24.3 Å². The standard InChI is InChI=1S/C10H12NO/c1-8-3-5-10(6-4-8)7-11-9(2)12/h3-6H,1,7H2,2H3,(H,11,12). The fraction of sp³-hybridized carbons (Fsp3) is 0.200.